The Hall–Kier alpha value is -0.830. The van der Waals surface area contributed by atoms with Crippen molar-refractivity contribution in [2.75, 3.05) is 11.4 Å². The van der Waals surface area contributed by atoms with Crippen LogP contribution in [-0.2, 0) is 4.79 Å². The number of para-hydroxylation sites is 1. The Kier molecular flexibility index (Phi) is 2.87. The molecule has 74 valence electrons. The summed E-state index contributed by atoms with van der Waals surface area (Å²) >= 11 is 3.47. The van der Waals surface area contributed by atoms with E-state index in [1.54, 1.807) is 0 Å². The molecule has 14 heavy (non-hydrogen) atoms. The third kappa shape index (κ3) is 1.82. The predicted molar refractivity (Wildman–Crippen MR) is 60.3 cm³/mol. The summed E-state index contributed by atoms with van der Waals surface area (Å²) in [6.07, 6.45) is 2.81. The number of carbonyl (C=O) groups is 1. The first kappa shape index (κ1) is 9.71. The van der Waals surface area contributed by atoms with Crippen LogP contribution in [0.2, 0.25) is 0 Å². The first-order valence-electron chi connectivity index (χ1n) is 4.84. The quantitative estimate of drug-likeness (QED) is 0.754. The average Bonchev–Trinajstić information content (AvgIpc) is 2.20. The van der Waals surface area contributed by atoms with Gasteiger partial charge in [-0.2, -0.15) is 0 Å². The summed E-state index contributed by atoms with van der Waals surface area (Å²) < 4.78 is 0.996. The van der Waals surface area contributed by atoms with Gasteiger partial charge in [0.2, 0.25) is 5.91 Å². The highest BCUT2D eigenvalue weighted by Gasteiger charge is 2.20. The van der Waals surface area contributed by atoms with Crippen LogP contribution in [0.4, 0.5) is 5.69 Å². The average molecular weight is 254 g/mol. The van der Waals surface area contributed by atoms with Gasteiger partial charge < -0.3 is 4.90 Å². The van der Waals surface area contributed by atoms with Crippen molar-refractivity contribution < 1.29 is 4.79 Å². The summed E-state index contributed by atoms with van der Waals surface area (Å²) in [6.45, 7) is 0.849. The van der Waals surface area contributed by atoms with Crippen molar-refractivity contribution in [2.24, 2.45) is 0 Å². The highest BCUT2D eigenvalue weighted by molar-refractivity contribution is 9.10. The monoisotopic (exact) mass is 253 g/mol. The highest BCUT2D eigenvalue weighted by atomic mass is 79.9. The van der Waals surface area contributed by atoms with Gasteiger partial charge in [-0.05, 0) is 40.9 Å². The number of carbonyl (C=O) groups excluding carboxylic acids is 1. The van der Waals surface area contributed by atoms with Crippen molar-refractivity contribution in [2.45, 2.75) is 19.3 Å². The van der Waals surface area contributed by atoms with E-state index >= 15 is 0 Å². The molecule has 0 bridgehead atoms. The van der Waals surface area contributed by atoms with Gasteiger partial charge in [-0.1, -0.05) is 12.1 Å². The summed E-state index contributed by atoms with van der Waals surface area (Å²) in [5, 5.41) is 0. The molecule has 0 saturated carbocycles. The maximum Gasteiger partial charge on any atom is 0.227 e. The number of amides is 1. The van der Waals surface area contributed by atoms with Gasteiger partial charge in [-0.3, -0.25) is 4.79 Å². The fourth-order valence-electron chi connectivity index (χ4n) is 1.73. The molecule has 0 N–H and O–H groups in total. The molecule has 1 amide bonds. The van der Waals surface area contributed by atoms with Gasteiger partial charge in [-0.25, -0.2) is 0 Å². The largest absolute Gasteiger partial charge is 0.311 e. The van der Waals surface area contributed by atoms with E-state index in [1.165, 1.54) is 0 Å². The molecule has 2 nitrogen and oxygen atoms in total. The van der Waals surface area contributed by atoms with Crippen LogP contribution < -0.4 is 4.90 Å². The lowest BCUT2D eigenvalue weighted by molar-refractivity contribution is -0.119. The maximum absolute atomic E-state index is 11.7. The molecular formula is C11H12BrNO. The lowest BCUT2D eigenvalue weighted by Gasteiger charge is -2.27. The van der Waals surface area contributed by atoms with Gasteiger partial charge >= 0.3 is 0 Å². The summed E-state index contributed by atoms with van der Waals surface area (Å²) in [4.78, 5) is 13.5. The molecule has 0 unspecified atom stereocenters. The van der Waals surface area contributed by atoms with Crippen LogP contribution in [-0.4, -0.2) is 12.5 Å². The number of anilines is 1. The predicted octanol–water partition coefficient (Wildman–Crippen LogP) is 2.97. The van der Waals surface area contributed by atoms with Crippen LogP contribution >= 0.6 is 15.9 Å². The Labute approximate surface area is 92.0 Å². The van der Waals surface area contributed by atoms with Crippen molar-refractivity contribution in [3.8, 4) is 0 Å². The van der Waals surface area contributed by atoms with Gasteiger partial charge in [0, 0.05) is 17.4 Å². The normalized spacial score (nSPS) is 17.2. The molecule has 0 aliphatic carbocycles. The fourth-order valence-corrected chi connectivity index (χ4v) is 2.23. The van der Waals surface area contributed by atoms with E-state index in [9.17, 15) is 4.79 Å². The number of nitrogens with zero attached hydrogens (tertiary/aromatic N) is 1. The lowest BCUT2D eigenvalue weighted by atomic mass is 10.1. The number of piperidine rings is 1. The smallest absolute Gasteiger partial charge is 0.227 e. The fraction of sp³-hybridized carbons (Fsp3) is 0.364. The molecule has 0 spiro atoms. The van der Waals surface area contributed by atoms with E-state index in [2.05, 4.69) is 15.9 Å². The van der Waals surface area contributed by atoms with Crippen LogP contribution in [0.15, 0.2) is 28.7 Å². The van der Waals surface area contributed by atoms with Crippen LogP contribution in [0.5, 0.6) is 0 Å². The molecule has 1 saturated heterocycles. The van der Waals surface area contributed by atoms with Gasteiger partial charge in [0.1, 0.15) is 0 Å². The topological polar surface area (TPSA) is 20.3 Å². The second-order valence-corrected chi connectivity index (χ2v) is 4.31. The molecule has 1 fully saturated rings. The van der Waals surface area contributed by atoms with Crippen LogP contribution in [0, 0.1) is 0 Å². The number of hydrogen-bond donors (Lipinski definition) is 0. The Balaban J connectivity index is 2.29. The van der Waals surface area contributed by atoms with Crippen molar-refractivity contribution in [3.63, 3.8) is 0 Å². The molecule has 3 heteroatoms. The molecule has 0 atom stereocenters. The van der Waals surface area contributed by atoms with Crippen molar-refractivity contribution >= 4 is 27.5 Å². The molecule has 1 aliphatic heterocycles. The van der Waals surface area contributed by atoms with E-state index in [-0.39, 0.29) is 5.91 Å². The molecule has 1 aromatic carbocycles. The lowest BCUT2D eigenvalue weighted by Crippen LogP contribution is -2.35. The van der Waals surface area contributed by atoms with Crippen molar-refractivity contribution in [1.29, 1.82) is 0 Å². The first-order valence-corrected chi connectivity index (χ1v) is 5.63. The zero-order valence-corrected chi connectivity index (χ0v) is 9.46. The van der Waals surface area contributed by atoms with Gasteiger partial charge in [0.15, 0.2) is 0 Å². The number of halogens is 1. The second-order valence-electron chi connectivity index (χ2n) is 3.45. The standard InChI is InChI=1S/C11H12BrNO/c12-9-5-1-2-6-10(9)13-8-4-3-7-11(13)14/h1-2,5-6H,3-4,7-8H2. The van der Waals surface area contributed by atoms with E-state index in [0.717, 1.165) is 29.5 Å². The Morgan fingerprint density at radius 2 is 2.00 bits per heavy atom. The number of benzene rings is 1. The summed E-state index contributed by atoms with van der Waals surface area (Å²) in [5.74, 6) is 0.239. The number of hydrogen-bond acceptors (Lipinski definition) is 1. The second kappa shape index (κ2) is 4.13. The zero-order valence-electron chi connectivity index (χ0n) is 7.87. The molecule has 1 aliphatic rings. The third-order valence-corrected chi connectivity index (χ3v) is 3.14. The minimum atomic E-state index is 0.239. The van der Waals surface area contributed by atoms with E-state index < -0.39 is 0 Å². The SMILES string of the molecule is O=C1CCCCN1c1ccccc1Br. The Morgan fingerprint density at radius 1 is 1.21 bits per heavy atom. The van der Waals surface area contributed by atoms with Gasteiger partial charge in [0.25, 0.3) is 0 Å². The van der Waals surface area contributed by atoms with Crippen LogP contribution in [0.1, 0.15) is 19.3 Å². The summed E-state index contributed by atoms with van der Waals surface area (Å²) in [6, 6.07) is 7.87. The van der Waals surface area contributed by atoms with Crippen molar-refractivity contribution in [1.82, 2.24) is 0 Å². The molecule has 1 aromatic rings. The van der Waals surface area contributed by atoms with E-state index in [4.69, 9.17) is 0 Å². The summed E-state index contributed by atoms with van der Waals surface area (Å²) in [7, 11) is 0. The molecular weight excluding hydrogens is 242 g/mol. The highest BCUT2D eigenvalue weighted by Crippen LogP contribution is 2.28. The van der Waals surface area contributed by atoms with E-state index in [0.29, 0.717) is 6.42 Å². The third-order valence-electron chi connectivity index (χ3n) is 2.47. The maximum atomic E-state index is 11.7. The zero-order chi connectivity index (χ0) is 9.97. The van der Waals surface area contributed by atoms with Crippen LogP contribution in [0.3, 0.4) is 0 Å². The summed E-state index contributed by atoms with van der Waals surface area (Å²) in [5.41, 5.74) is 0.997. The van der Waals surface area contributed by atoms with Crippen molar-refractivity contribution in [3.05, 3.63) is 28.7 Å². The van der Waals surface area contributed by atoms with E-state index in [1.807, 2.05) is 29.2 Å². The van der Waals surface area contributed by atoms with Crippen LogP contribution in [0.25, 0.3) is 0 Å². The van der Waals surface area contributed by atoms with Gasteiger partial charge in [-0.15, -0.1) is 0 Å². The number of rotatable bonds is 1. The first-order chi connectivity index (χ1) is 6.79. The minimum absolute atomic E-state index is 0.239. The Morgan fingerprint density at radius 3 is 2.71 bits per heavy atom. The molecule has 0 aromatic heterocycles. The minimum Gasteiger partial charge on any atom is -0.311 e. The molecule has 1 heterocycles. The molecule has 0 radical (unpaired) electrons. The van der Waals surface area contributed by atoms with Gasteiger partial charge in [0.05, 0.1) is 5.69 Å². The Bertz CT molecular complexity index is 351. The molecule has 2 rings (SSSR count).